The average molecular weight is 284 g/mol. The van der Waals surface area contributed by atoms with E-state index in [2.05, 4.69) is 0 Å². The smallest absolute Gasteiger partial charge is 0.419 e. The molecule has 0 aromatic heterocycles. The van der Waals surface area contributed by atoms with Crippen molar-refractivity contribution in [2.45, 2.75) is 26.4 Å². The molecule has 4 nitrogen and oxygen atoms in total. The highest BCUT2D eigenvalue weighted by atomic mass is 16.6. The van der Waals surface area contributed by atoms with Gasteiger partial charge in [-0.05, 0) is 51.1 Å². The van der Waals surface area contributed by atoms with Crippen LogP contribution < -0.4 is 10.6 Å². The lowest BCUT2D eigenvalue weighted by Gasteiger charge is -2.27. The molecular formula is C17H20N2O2. The van der Waals surface area contributed by atoms with Crippen molar-refractivity contribution < 1.29 is 9.53 Å². The van der Waals surface area contributed by atoms with Gasteiger partial charge in [0, 0.05) is 5.69 Å². The van der Waals surface area contributed by atoms with Crippen LogP contribution in [-0.4, -0.2) is 11.7 Å². The highest BCUT2D eigenvalue weighted by Crippen LogP contribution is 2.28. The van der Waals surface area contributed by atoms with E-state index in [0.29, 0.717) is 11.4 Å². The fourth-order valence-electron chi connectivity index (χ4n) is 1.91. The molecule has 0 fully saturated rings. The maximum absolute atomic E-state index is 12.5. The van der Waals surface area contributed by atoms with Crippen LogP contribution in [0.2, 0.25) is 0 Å². The molecule has 0 atom stereocenters. The molecule has 0 saturated heterocycles. The number of anilines is 3. The van der Waals surface area contributed by atoms with Crippen LogP contribution in [0.1, 0.15) is 20.8 Å². The number of benzene rings is 2. The van der Waals surface area contributed by atoms with Crippen LogP contribution in [0.25, 0.3) is 0 Å². The summed E-state index contributed by atoms with van der Waals surface area (Å²) in [5.74, 6) is 0. The maximum atomic E-state index is 12.5. The van der Waals surface area contributed by atoms with E-state index in [4.69, 9.17) is 10.5 Å². The third-order valence-corrected chi connectivity index (χ3v) is 2.72. The predicted molar refractivity (Wildman–Crippen MR) is 85.7 cm³/mol. The summed E-state index contributed by atoms with van der Waals surface area (Å²) in [7, 11) is 0. The lowest BCUT2D eigenvalue weighted by atomic mass is 10.2. The Morgan fingerprint density at radius 2 is 1.62 bits per heavy atom. The molecule has 0 radical (unpaired) electrons. The summed E-state index contributed by atoms with van der Waals surface area (Å²) in [6.07, 6.45) is -0.431. The molecule has 21 heavy (non-hydrogen) atoms. The predicted octanol–water partition coefficient (Wildman–Crippen LogP) is 4.34. The number of nitrogens with zero attached hydrogens (tertiary/aromatic N) is 1. The molecule has 0 heterocycles. The van der Waals surface area contributed by atoms with E-state index in [1.165, 1.54) is 4.90 Å². The molecule has 0 aliphatic carbocycles. The summed E-state index contributed by atoms with van der Waals surface area (Å²) in [6, 6.07) is 16.5. The number of ether oxygens (including phenoxy) is 1. The van der Waals surface area contributed by atoms with Gasteiger partial charge in [0.25, 0.3) is 0 Å². The van der Waals surface area contributed by atoms with Crippen LogP contribution in [0.15, 0.2) is 54.6 Å². The van der Waals surface area contributed by atoms with Gasteiger partial charge in [0.1, 0.15) is 5.60 Å². The van der Waals surface area contributed by atoms with Crippen molar-refractivity contribution in [2.24, 2.45) is 0 Å². The van der Waals surface area contributed by atoms with Gasteiger partial charge in [0.15, 0.2) is 0 Å². The Morgan fingerprint density at radius 1 is 1.00 bits per heavy atom. The van der Waals surface area contributed by atoms with E-state index < -0.39 is 11.7 Å². The van der Waals surface area contributed by atoms with Crippen molar-refractivity contribution in [1.82, 2.24) is 0 Å². The zero-order chi connectivity index (χ0) is 15.5. The SMILES string of the molecule is CC(C)(C)OC(=O)N(c1ccccc1)c1cccc(N)c1. The third kappa shape index (κ3) is 3.99. The van der Waals surface area contributed by atoms with Crippen molar-refractivity contribution >= 4 is 23.2 Å². The fraction of sp³-hybridized carbons (Fsp3) is 0.235. The Balaban J connectivity index is 2.43. The van der Waals surface area contributed by atoms with Crippen LogP contribution in [0.5, 0.6) is 0 Å². The number of rotatable bonds is 2. The van der Waals surface area contributed by atoms with Gasteiger partial charge in [-0.2, -0.15) is 0 Å². The molecule has 0 spiro atoms. The van der Waals surface area contributed by atoms with E-state index in [1.807, 2.05) is 63.2 Å². The molecule has 1 amide bonds. The third-order valence-electron chi connectivity index (χ3n) is 2.72. The Hall–Kier alpha value is -2.49. The largest absolute Gasteiger partial charge is 0.443 e. The Bertz CT molecular complexity index is 618. The zero-order valence-electron chi connectivity index (χ0n) is 12.5. The minimum atomic E-state index is -0.565. The van der Waals surface area contributed by atoms with Gasteiger partial charge in [-0.1, -0.05) is 24.3 Å². The van der Waals surface area contributed by atoms with Crippen LogP contribution >= 0.6 is 0 Å². The number of carbonyl (C=O) groups excluding carboxylic acids is 1. The van der Waals surface area contributed by atoms with Crippen LogP contribution in [0.4, 0.5) is 21.9 Å². The first-order valence-corrected chi connectivity index (χ1v) is 6.80. The normalized spacial score (nSPS) is 11.0. The first-order chi connectivity index (χ1) is 9.87. The summed E-state index contributed by atoms with van der Waals surface area (Å²) in [5.41, 5.74) is 7.26. The molecule has 0 aliphatic heterocycles. The van der Waals surface area contributed by atoms with Gasteiger partial charge >= 0.3 is 6.09 Å². The van der Waals surface area contributed by atoms with Gasteiger partial charge in [0.05, 0.1) is 11.4 Å². The highest BCUT2D eigenvalue weighted by Gasteiger charge is 2.24. The van der Waals surface area contributed by atoms with Crippen LogP contribution in [-0.2, 0) is 4.74 Å². The highest BCUT2D eigenvalue weighted by molar-refractivity contribution is 5.96. The van der Waals surface area contributed by atoms with Crippen molar-refractivity contribution in [3.05, 3.63) is 54.6 Å². The molecule has 2 rings (SSSR count). The standard InChI is InChI=1S/C17H20N2O2/c1-17(2,3)21-16(20)19(14-9-5-4-6-10-14)15-11-7-8-13(18)12-15/h4-12H,18H2,1-3H3. The van der Waals surface area contributed by atoms with Gasteiger partial charge in [-0.25, -0.2) is 9.69 Å². The maximum Gasteiger partial charge on any atom is 0.419 e. The fourth-order valence-corrected chi connectivity index (χ4v) is 1.91. The van der Waals surface area contributed by atoms with Gasteiger partial charge < -0.3 is 10.5 Å². The van der Waals surface area contributed by atoms with E-state index >= 15 is 0 Å². The molecule has 2 aromatic rings. The second-order valence-electron chi connectivity index (χ2n) is 5.75. The van der Waals surface area contributed by atoms with Crippen molar-refractivity contribution in [3.8, 4) is 0 Å². The number of nitrogen functional groups attached to an aromatic ring is 1. The number of carbonyl (C=O) groups is 1. The van der Waals surface area contributed by atoms with Gasteiger partial charge in [-0.3, -0.25) is 0 Å². The van der Waals surface area contributed by atoms with Crippen LogP contribution in [0.3, 0.4) is 0 Å². The summed E-state index contributed by atoms with van der Waals surface area (Å²) in [5, 5.41) is 0. The molecule has 110 valence electrons. The van der Waals surface area contributed by atoms with E-state index in [9.17, 15) is 4.79 Å². The zero-order valence-corrected chi connectivity index (χ0v) is 12.5. The van der Waals surface area contributed by atoms with E-state index in [0.717, 1.165) is 5.69 Å². The first-order valence-electron chi connectivity index (χ1n) is 6.80. The number of para-hydroxylation sites is 1. The van der Waals surface area contributed by atoms with Gasteiger partial charge in [0.2, 0.25) is 0 Å². The molecule has 2 aromatic carbocycles. The molecule has 2 N–H and O–H groups in total. The lowest BCUT2D eigenvalue weighted by Crippen LogP contribution is -2.33. The Morgan fingerprint density at radius 3 is 2.19 bits per heavy atom. The van der Waals surface area contributed by atoms with Crippen LogP contribution in [0, 0.1) is 0 Å². The van der Waals surface area contributed by atoms with E-state index in [-0.39, 0.29) is 0 Å². The van der Waals surface area contributed by atoms with Crippen molar-refractivity contribution in [3.63, 3.8) is 0 Å². The molecule has 0 aliphatic rings. The van der Waals surface area contributed by atoms with Crippen molar-refractivity contribution in [1.29, 1.82) is 0 Å². The Kier molecular flexibility index (Phi) is 4.17. The summed E-state index contributed by atoms with van der Waals surface area (Å²) in [6.45, 7) is 5.52. The summed E-state index contributed by atoms with van der Waals surface area (Å²) < 4.78 is 5.49. The number of nitrogens with two attached hydrogens (primary N) is 1. The number of amides is 1. The average Bonchev–Trinajstić information content (AvgIpc) is 2.38. The molecular weight excluding hydrogens is 264 g/mol. The molecule has 4 heteroatoms. The van der Waals surface area contributed by atoms with E-state index in [1.54, 1.807) is 12.1 Å². The molecule has 0 unspecified atom stereocenters. The Labute approximate surface area is 125 Å². The lowest BCUT2D eigenvalue weighted by molar-refractivity contribution is 0.0599. The number of hydrogen-bond acceptors (Lipinski definition) is 3. The monoisotopic (exact) mass is 284 g/mol. The minimum absolute atomic E-state index is 0.431. The topological polar surface area (TPSA) is 55.6 Å². The van der Waals surface area contributed by atoms with Crippen molar-refractivity contribution in [2.75, 3.05) is 10.6 Å². The molecule has 0 saturated carbocycles. The second-order valence-corrected chi connectivity index (χ2v) is 5.75. The second kappa shape index (κ2) is 5.87. The minimum Gasteiger partial charge on any atom is -0.443 e. The number of hydrogen-bond donors (Lipinski definition) is 1. The first kappa shape index (κ1) is 14.9. The van der Waals surface area contributed by atoms with Gasteiger partial charge in [-0.15, -0.1) is 0 Å². The summed E-state index contributed by atoms with van der Waals surface area (Å²) >= 11 is 0. The quantitative estimate of drug-likeness (QED) is 0.834. The summed E-state index contributed by atoms with van der Waals surface area (Å²) in [4.78, 5) is 14.0. The molecule has 0 bridgehead atoms.